The van der Waals surface area contributed by atoms with Crippen LogP contribution in [0.25, 0.3) is 0 Å². The Morgan fingerprint density at radius 2 is 2.11 bits per heavy atom. The van der Waals surface area contributed by atoms with Gasteiger partial charge in [-0.25, -0.2) is 0 Å². The highest BCUT2D eigenvalue weighted by atomic mass is 35.5. The van der Waals surface area contributed by atoms with E-state index in [2.05, 4.69) is 4.90 Å². The number of anilines is 1. The Hall–Kier alpha value is -0.770. The highest BCUT2D eigenvalue weighted by Gasteiger charge is 2.22. The molecule has 1 aromatic carbocycles. The molecule has 1 aliphatic heterocycles. The number of aliphatic hydroxyl groups is 1. The van der Waals surface area contributed by atoms with Crippen LogP contribution in [0.1, 0.15) is 25.3 Å². The summed E-state index contributed by atoms with van der Waals surface area (Å²) in [6.45, 7) is 4.70. The number of ether oxygens (including phenoxy) is 1. The van der Waals surface area contributed by atoms with Gasteiger partial charge in [-0.2, -0.15) is 0 Å². The molecule has 100 valence electrons. The van der Waals surface area contributed by atoms with Crippen molar-refractivity contribution in [2.24, 2.45) is 0 Å². The average Bonchev–Trinajstić information content (AvgIpc) is 2.40. The molecule has 0 saturated carbocycles. The molecule has 0 bridgehead atoms. The highest BCUT2D eigenvalue weighted by Crippen LogP contribution is 2.32. The maximum Gasteiger partial charge on any atom is 0.0702 e. The van der Waals surface area contributed by atoms with Gasteiger partial charge in [-0.05, 0) is 25.8 Å². The third kappa shape index (κ3) is 2.97. The normalized spacial score (nSPS) is 17.2. The number of hydrogen-bond donors (Lipinski definition) is 1. The van der Waals surface area contributed by atoms with Gasteiger partial charge >= 0.3 is 0 Å². The van der Waals surface area contributed by atoms with Crippen LogP contribution in [0.2, 0.25) is 5.02 Å². The van der Waals surface area contributed by atoms with Gasteiger partial charge in [0.15, 0.2) is 0 Å². The Kier molecular flexibility index (Phi) is 4.87. The third-order valence-electron chi connectivity index (χ3n) is 3.40. The first-order valence-corrected chi connectivity index (χ1v) is 6.88. The fraction of sp³-hybridized carbons (Fsp3) is 0.571. The lowest BCUT2D eigenvalue weighted by Crippen LogP contribution is -2.37. The Labute approximate surface area is 113 Å². The summed E-state index contributed by atoms with van der Waals surface area (Å²) in [4.78, 5) is 2.25. The van der Waals surface area contributed by atoms with Crippen LogP contribution >= 0.6 is 11.6 Å². The molecule has 1 fully saturated rings. The van der Waals surface area contributed by atoms with Gasteiger partial charge in [-0.3, -0.25) is 0 Å². The van der Waals surface area contributed by atoms with Crippen molar-refractivity contribution in [1.29, 1.82) is 0 Å². The van der Waals surface area contributed by atoms with Crippen LogP contribution in [0.4, 0.5) is 5.69 Å². The number of rotatable bonds is 4. The molecule has 1 aliphatic rings. The number of piperidine rings is 1. The van der Waals surface area contributed by atoms with Crippen molar-refractivity contribution in [1.82, 2.24) is 0 Å². The van der Waals surface area contributed by atoms with E-state index in [0.717, 1.165) is 48.8 Å². The summed E-state index contributed by atoms with van der Waals surface area (Å²) in [7, 11) is 0. The van der Waals surface area contributed by atoms with E-state index < -0.39 is 0 Å². The molecular weight excluding hydrogens is 250 g/mol. The van der Waals surface area contributed by atoms with Crippen molar-refractivity contribution in [3.8, 4) is 0 Å². The molecule has 0 spiro atoms. The Morgan fingerprint density at radius 1 is 1.39 bits per heavy atom. The van der Waals surface area contributed by atoms with Crippen molar-refractivity contribution >= 4 is 17.3 Å². The molecule has 1 saturated heterocycles. The van der Waals surface area contributed by atoms with E-state index >= 15 is 0 Å². The molecule has 2 rings (SSSR count). The molecule has 1 aromatic rings. The van der Waals surface area contributed by atoms with E-state index in [4.69, 9.17) is 16.3 Å². The molecule has 4 heteroatoms. The Morgan fingerprint density at radius 3 is 2.72 bits per heavy atom. The highest BCUT2D eigenvalue weighted by molar-refractivity contribution is 6.33. The van der Waals surface area contributed by atoms with Gasteiger partial charge < -0.3 is 14.7 Å². The second-order valence-electron chi connectivity index (χ2n) is 4.55. The number of benzene rings is 1. The van der Waals surface area contributed by atoms with Crippen LogP contribution in [0.15, 0.2) is 18.2 Å². The minimum absolute atomic E-state index is 0.0290. The molecule has 1 N–H and O–H groups in total. The SMILES string of the molecule is CCOC1CCN(c2c(Cl)cccc2CO)CC1. The largest absolute Gasteiger partial charge is 0.392 e. The fourth-order valence-electron chi connectivity index (χ4n) is 2.52. The molecule has 18 heavy (non-hydrogen) atoms. The van der Waals surface area contributed by atoms with Crippen molar-refractivity contribution in [3.05, 3.63) is 28.8 Å². The zero-order valence-electron chi connectivity index (χ0n) is 10.7. The van der Waals surface area contributed by atoms with Crippen molar-refractivity contribution in [2.75, 3.05) is 24.6 Å². The maximum atomic E-state index is 9.40. The van der Waals surface area contributed by atoms with Gasteiger partial charge in [0.1, 0.15) is 0 Å². The topological polar surface area (TPSA) is 32.7 Å². The van der Waals surface area contributed by atoms with Crippen LogP contribution < -0.4 is 4.90 Å². The van der Waals surface area contributed by atoms with Gasteiger partial charge in [0.05, 0.1) is 23.4 Å². The minimum Gasteiger partial charge on any atom is -0.392 e. The average molecular weight is 270 g/mol. The summed E-state index contributed by atoms with van der Waals surface area (Å²) >= 11 is 6.26. The van der Waals surface area contributed by atoms with Gasteiger partial charge in [0.2, 0.25) is 0 Å². The quantitative estimate of drug-likeness (QED) is 0.912. The van der Waals surface area contributed by atoms with Gasteiger partial charge in [-0.15, -0.1) is 0 Å². The molecule has 0 atom stereocenters. The zero-order valence-corrected chi connectivity index (χ0v) is 11.5. The van der Waals surface area contributed by atoms with E-state index in [0.29, 0.717) is 6.10 Å². The molecule has 0 radical (unpaired) electrons. The fourth-order valence-corrected chi connectivity index (χ4v) is 2.84. The van der Waals surface area contributed by atoms with Crippen molar-refractivity contribution in [3.63, 3.8) is 0 Å². The van der Waals surface area contributed by atoms with Crippen LogP contribution in [0, 0.1) is 0 Å². The number of hydrogen-bond acceptors (Lipinski definition) is 3. The standard InChI is InChI=1S/C14H20ClNO2/c1-2-18-12-6-8-16(9-7-12)14-11(10-17)4-3-5-13(14)15/h3-5,12,17H,2,6-10H2,1H3. The van der Waals surface area contributed by atoms with Crippen molar-refractivity contribution in [2.45, 2.75) is 32.5 Å². The lowest BCUT2D eigenvalue weighted by molar-refractivity contribution is 0.0459. The molecule has 3 nitrogen and oxygen atoms in total. The second kappa shape index (κ2) is 6.41. The second-order valence-corrected chi connectivity index (χ2v) is 4.95. The molecule has 0 unspecified atom stereocenters. The number of aliphatic hydroxyl groups excluding tert-OH is 1. The van der Waals surface area contributed by atoms with Gasteiger partial charge in [0.25, 0.3) is 0 Å². The lowest BCUT2D eigenvalue weighted by atomic mass is 10.0. The van der Waals surface area contributed by atoms with E-state index in [9.17, 15) is 5.11 Å². The van der Waals surface area contributed by atoms with Crippen molar-refractivity contribution < 1.29 is 9.84 Å². The number of nitrogens with zero attached hydrogens (tertiary/aromatic N) is 1. The van der Waals surface area contributed by atoms with E-state index in [1.807, 2.05) is 25.1 Å². The number of para-hydroxylation sites is 1. The summed E-state index contributed by atoms with van der Waals surface area (Å²) < 4.78 is 5.64. The minimum atomic E-state index is 0.0290. The smallest absolute Gasteiger partial charge is 0.0702 e. The van der Waals surface area contributed by atoms with Crippen LogP contribution in [0.3, 0.4) is 0 Å². The van der Waals surface area contributed by atoms with Crippen LogP contribution in [-0.4, -0.2) is 30.9 Å². The summed E-state index contributed by atoms with van der Waals surface area (Å²) in [5.74, 6) is 0. The first-order valence-electron chi connectivity index (χ1n) is 6.51. The predicted molar refractivity (Wildman–Crippen MR) is 74.2 cm³/mol. The van der Waals surface area contributed by atoms with E-state index in [1.54, 1.807) is 0 Å². The van der Waals surface area contributed by atoms with Crippen LogP contribution in [0.5, 0.6) is 0 Å². The lowest BCUT2D eigenvalue weighted by Gasteiger charge is -2.35. The molecular formula is C14H20ClNO2. The summed E-state index contributed by atoms with van der Waals surface area (Å²) in [5, 5.41) is 10.1. The van der Waals surface area contributed by atoms with Gasteiger partial charge in [-0.1, -0.05) is 23.7 Å². The Balaban J connectivity index is 2.09. The predicted octanol–water partition coefficient (Wildman–Crippen LogP) is 2.84. The van der Waals surface area contributed by atoms with Crippen LogP contribution in [-0.2, 0) is 11.3 Å². The maximum absolute atomic E-state index is 9.40. The van der Waals surface area contributed by atoms with Gasteiger partial charge in [0, 0.05) is 25.3 Å². The molecule has 0 amide bonds. The summed E-state index contributed by atoms with van der Waals surface area (Å²) in [6, 6.07) is 5.69. The summed E-state index contributed by atoms with van der Waals surface area (Å²) in [5.41, 5.74) is 1.88. The zero-order chi connectivity index (χ0) is 13.0. The van der Waals surface area contributed by atoms with E-state index in [-0.39, 0.29) is 6.61 Å². The Bertz CT molecular complexity index is 389. The molecule has 1 heterocycles. The molecule has 0 aliphatic carbocycles. The first kappa shape index (κ1) is 13.7. The van der Waals surface area contributed by atoms with E-state index in [1.165, 1.54) is 0 Å². The summed E-state index contributed by atoms with van der Waals surface area (Å²) in [6.07, 6.45) is 2.40. The number of halogens is 1. The molecule has 0 aromatic heterocycles. The first-order chi connectivity index (χ1) is 8.76. The monoisotopic (exact) mass is 269 g/mol. The third-order valence-corrected chi connectivity index (χ3v) is 3.71.